The van der Waals surface area contributed by atoms with Crippen molar-refractivity contribution in [1.29, 1.82) is 0 Å². The van der Waals surface area contributed by atoms with Crippen LogP contribution in [0.5, 0.6) is 0 Å². The first-order valence-electron chi connectivity index (χ1n) is 16.2. The Labute approximate surface area is 272 Å². The first kappa shape index (κ1) is 36.3. The number of amides is 3. The van der Waals surface area contributed by atoms with Gasteiger partial charge in [-0.15, -0.1) is 0 Å². The summed E-state index contributed by atoms with van der Waals surface area (Å²) in [5, 5.41) is 25.3. The van der Waals surface area contributed by atoms with Gasteiger partial charge in [0, 0.05) is 39.0 Å². The van der Waals surface area contributed by atoms with Gasteiger partial charge in [0.05, 0.1) is 11.7 Å². The molecule has 4 atom stereocenters. The first-order chi connectivity index (χ1) is 22.2. The van der Waals surface area contributed by atoms with Crippen LogP contribution in [0.2, 0.25) is 0 Å². The van der Waals surface area contributed by atoms with Gasteiger partial charge in [-0.2, -0.15) is 0 Å². The van der Waals surface area contributed by atoms with E-state index >= 15 is 4.39 Å². The highest BCUT2D eigenvalue weighted by molar-refractivity contribution is 6.01. The summed E-state index contributed by atoms with van der Waals surface area (Å²) in [6, 6.07) is 1.69. The molecule has 1 aromatic heterocycles. The molecule has 3 amide bonds. The SMILES string of the molecule is CCc1nonc1C(=O)N[C@H](C(=O)Nc1ccc([C@H](C)[C@@H](NC(O)C(C)(F)F)C(=O)N2CCN(C)CC2)cc1F)C1CCC(C)CC1. The largest absolute Gasteiger partial charge is 0.372 e. The van der Waals surface area contributed by atoms with Crippen LogP contribution in [0.15, 0.2) is 22.8 Å². The summed E-state index contributed by atoms with van der Waals surface area (Å²) >= 11 is 0. The highest BCUT2D eigenvalue weighted by Gasteiger charge is 2.40. The molecular formula is C32H46F3N7O5. The smallest absolute Gasteiger partial charge is 0.283 e. The van der Waals surface area contributed by atoms with Crippen LogP contribution in [0, 0.1) is 17.7 Å². The molecule has 2 fully saturated rings. The summed E-state index contributed by atoms with van der Waals surface area (Å²) in [5.74, 6) is -6.61. The third-order valence-corrected chi connectivity index (χ3v) is 9.38. The number of aromatic nitrogens is 2. The number of hydrogen-bond donors (Lipinski definition) is 4. The number of aliphatic hydroxyl groups is 1. The lowest BCUT2D eigenvalue weighted by Crippen LogP contribution is -2.58. The fourth-order valence-corrected chi connectivity index (χ4v) is 6.13. The second kappa shape index (κ2) is 15.6. The number of piperazine rings is 1. The zero-order valence-corrected chi connectivity index (χ0v) is 27.6. The van der Waals surface area contributed by atoms with Crippen molar-refractivity contribution in [1.82, 2.24) is 30.7 Å². The number of hydrogen-bond acceptors (Lipinski definition) is 9. The number of nitrogens with one attached hydrogen (secondary N) is 3. The Balaban J connectivity index is 1.54. The van der Waals surface area contributed by atoms with E-state index in [1.165, 1.54) is 12.1 Å². The summed E-state index contributed by atoms with van der Waals surface area (Å²) in [4.78, 5) is 43.8. The van der Waals surface area contributed by atoms with Crippen molar-refractivity contribution in [3.05, 3.63) is 41.0 Å². The Kier molecular flexibility index (Phi) is 12.0. The summed E-state index contributed by atoms with van der Waals surface area (Å²) < 4.78 is 48.3. The Morgan fingerprint density at radius 3 is 2.36 bits per heavy atom. The second-order valence-corrected chi connectivity index (χ2v) is 13.0. The lowest BCUT2D eigenvalue weighted by Gasteiger charge is -2.37. The van der Waals surface area contributed by atoms with Crippen LogP contribution in [0.4, 0.5) is 18.9 Å². The molecule has 0 spiro atoms. The lowest BCUT2D eigenvalue weighted by atomic mass is 9.79. The van der Waals surface area contributed by atoms with Crippen molar-refractivity contribution in [3.8, 4) is 0 Å². The fraction of sp³-hybridized carbons (Fsp3) is 0.656. The number of likely N-dealkylation sites (N-methyl/N-ethyl adjacent to an activating group) is 1. The number of halogens is 3. The average molecular weight is 666 g/mol. The molecule has 0 bridgehead atoms. The van der Waals surface area contributed by atoms with Crippen molar-refractivity contribution in [2.45, 2.75) is 90.0 Å². The quantitative estimate of drug-likeness (QED) is 0.251. The summed E-state index contributed by atoms with van der Waals surface area (Å²) in [6.45, 7) is 7.99. The molecule has 2 aromatic rings. The number of rotatable bonds is 12. The maximum atomic E-state index is 15.6. The average Bonchev–Trinajstić information content (AvgIpc) is 3.52. The Hall–Kier alpha value is -3.56. The molecule has 1 aliphatic heterocycles. The Morgan fingerprint density at radius 2 is 1.77 bits per heavy atom. The van der Waals surface area contributed by atoms with Gasteiger partial charge in [0.2, 0.25) is 11.8 Å². The topological polar surface area (TPSA) is 153 Å². The number of nitrogens with zero attached hydrogens (tertiary/aromatic N) is 4. The van der Waals surface area contributed by atoms with Gasteiger partial charge in [-0.1, -0.05) is 44.8 Å². The minimum absolute atomic E-state index is 0.0146. The van der Waals surface area contributed by atoms with E-state index < -0.39 is 53.7 Å². The predicted molar refractivity (Wildman–Crippen MR) is 167 cm³/mol. The molecule has 47 heavy (non-hydrogen) atoms. The van der Waals surface area contributed by atoms with Crippen LogP contribution in [-0.2, 0) is 16.0 Å². The summed E-state index contributed by atoms with van der Waals surface area (Å²) in [5.41, 5.74) is 0.480. The summed E-state index contributed by atoms with van der Waals surface area (Å²) in [7, 11) is 1.91. The molecule has 2 aliphatic rings. The van der Waals surface area contributed by atoms with Crippen molar-refractivity contribution in [2.24, 2.45) is 11.8 Å². The highest BCUT2D eigenvalue weighted by Crippen LogP contribution is 2.32. The van der Waals surface area contributed by atoms with E-state index in [1.807, 2.05) is 11.9 Å². The molecule has 1 saturated carbocycles. The van der Waals surface area contributed by atoms with E-state index in [4.69, 9.17) is 4.63 Å². The number of anilines is 1. The van der Waals surface area contributed by atoms with Gasteiger partial charge in [-0.3, -0.25) is 19.7 Å². The van der Waals surface area contributed by atoms with Crippen molar-refractivity contribution in [2.75, 3.05) is 38.5 Å². The van der Waals surface area contributed by atoms with Crippen molar-refractivity contribution >= 4 is 23.4 Å². The van der Waals surface area contributed by atoms with E-state index in [-0.39, 0.29) is 17.3 Å². The minimum Gasteiger partial charge on any atom is -0.372 e. The Morgan fingerprint density at radius 1 is 1.11 bits per heavy atom. The second-order valence-electron chi connectivity index (χ2n) is 13.0. The van der Waals surface area contributed by atoms with Crippen LogP contribution in [0.1, 0.15) is 81.0 Å². The number of alkyl halides is 2. The molecule has 1 saturated heterocycles. The molecule has 0 radical (unpaired) electrons. The maximum Gasteiger partial charge on any atom is 0.283 e. The monoisotopic (exact) mass is 665 g/mol. The van der Waals surface area contributed by atoms with E-state index in [1.54, 1.807) is 18.7 Å². The third-order valence-electron chi connectivity index (χ3n) is 9.38. The molecule has 260 valence electrons. The summed E-state index contributed by atoms with van der Waals surface area (Å²) in [6.07, 6.45) is 1.21. The molecule has 15 heteroatoms. The van der Waals surface area contributed by atoms with Crippen LogP contribution >= 0.6 is 0 Å². The number of aliphatic hydroxyl groups excluding tert-OH is 1. The molecule has 2 heterocycles. The molecule has 12 nitrogen and oxygen atoms in total. The van der Waals surface area contributed by atoms with Gasteiger partial charge in [0.25, 0.3) is 11.8 Å². The molecule has 1 aliphatic carbocycles. The van der Waals surface area contributed by atoms with E-state index in [0.717, 1.165) is 18.9 Å². The molecule has 4 rings (SSSR count). The van der Waals surface area contributed by atoms with Crippen LogP contribution < -0.4 is 16.0 Å². The third kappa shape index (κ3) is 9.08. The van der Waals surface area contributed by atoms with Gasteiger partial charge in [-0.25, -0.2) is 17.8 Å². The number of carbonyl (C=O) groups excluding carboxylic acids is 3. The van der Waals surface area contributed by atoms with Crippen molar-refractivity contribution in [3.63, 3.8) is 0 Å². The van der Waals surface area contributed by atoms with Crippen LogP contribution in [0.3, 0.4) is 0 Å². The van der Waals surface area contributed by atoms with Gasteiger partial charge in [0.1, 0.15) is 17.6 Å². The van der Waals surface area contributed by atoms with Gasteiger partial charge < -0.3 is 25.5 Å². The fourth-order valence-electron chi connectivity index (χ4n) is 6.13. The number of benzene rings is 1. The normalized spacial score (nSPS) is 21.9. The first-order valence-corrected chi connectivity index (χ1v) is 16.2. The van der Waals surface area contributed by atoms with E-state index in [2.05, 4.69) is 33.2 Å². The van der Waals surface area contributed by atoms with E-state index in [0.29, 0.717) is 69.5 Å². The van der Waals surface area contributed by atoms with Crippen molar-refractivity contribution < 1.29 is 37.3 Å². The highest BCUT2D eigenvalue weighted by atomic mass is 19.3. The number of aryl methyl sites for hydroxylation is 1. The van der Waals surface area contributed by atoms with Gasteiger partial charge in [-0.05, 0) is 61.0 Å². The van der Waals surface area contributed by atoms with E-state index in [9.17, 15) is 28.3 Å². The van der Waals surface area contributed by atoms with Crippen LogP contribution in [-0.4, -0.2) is 100 Å². The molecule has 1 aromatic carbocycles. The van der Waals surface area contributed by atoms with Crippen LogP contribution in [0.25, 0.3) is 0 Å². The zero-order valence-electron chi connectivity index (χ0n) is 27.6. The Bertz CT molecular complexity index is 1390. The van der Waals surface area contributed by atoms with Gasteiger partial charge in [0.15, 0.2) is 11.9 Å². The molecule has 4 N–H and O–H groups in total. The van der Waals surface area contributed by atoms with Gasteiger partial charge >= 0.3 is 0 Å². The molecule has 1 unspecified atom stereocenters. The molecular weight excluding hydrogens is 619 g/mol. The maximum absolute atomic E-state index is 15.6. The predicted octanol–water partition coefficient (Wildman–Crippen LogP) is 3.14. The lowest BCUT2D eigenvalue weighted by molar-refractivity contribution is -0.143. The zero-order chi connectivity index (χ0) is 34.5. The minimum atomic E-state index is -3.54. The number of carbonyl (C=O) groups is 3. The standard InChI is InChI=1S/C32H46F3N7O5/c1-6-23-27(40-47-39-23)29(44)37-26(20-9-7-18(2)8-10-20)28(43)36-24-12-11-21(17-22(24)33)19(3)25(38-31(46)32(4,34)35)30(45)42-15-13-41(5)14-16-42/h11-12,17-20,25-26,31,38,46H,6-10,13-16H2,1-5H3,(H,36,43)(H,37,44)/t18?,19-,20?,25+,26-,31?/m0/s1.